The number of likely N-dealkylation sites (tertiary alicyclic amines) is 1. The minimum Gasteiger partial charge on any atom is -0.397 e. The van der Waals surface area contributed by atoms with Crippen LogP contribution < -0.4 is 11.1 Å². The molecule has 110 valence electrons. The molecule has 0 saturated carbocycles. The number of nitrogens with two attached hydrogens (primary N) is 1. The van der Waals surface area contributed by atoms with Gasteiger partial charge in [-0.25, -0.2) is 0 Å². The first-order valence-electron chi connectivity index (χ1n) is 7.04. The summed E-state index contributed by atoms with van der Waals surface area (Å²) >= 11 is 5.86. The highest BCUT2D eigenvalue weighted by molar-refractivity contribution is 6.33. The van der Waals surface area contributed by atoms with E-state index in [1.54, 1.807) is 18.2 Å². The van der Waals surface area contributed by atoms with E-state index in [1.807, 2.05) is 0 Å². The number of nitrogens with zero attached hydrogens (tertiary/aromatic N) is 1. The van der Waals surface area contributed by atoms with Gasteiger partial charge in [0, 0.05) is 11.7 Å². The Morgan fingerprint density at radius 3 is 2.90 bits per heavy atom. The molecule has 4 nitrogen and oxygen atoms in total. The fourth-order valence-corrected chi connectivity index (χ4v) is 2.81. The lowest BCUT2D eigenvalue weighted by atomic mass is 9.93. The van der Waals surface area contributed by atoms with Crippen molar-refractivity contribution in [3.8, 4) is 0 Å². The second kappa shape index (κ2) is 6.46. The molecule has 2 unspecified atom stereocenters. The third-order valence-electron chi connectivity index (χ3n) is 3.90. The number of rotatable bonds is 3. The molecule has 0 aromatic heterocycles. The Bertz CT molecular complexity index is 492. The second-order valence-corrected chi connectivity index (χ2v) is 6.14. The molecule has 3 N–H and O–H groups in total. The standard InChI is InChI=1S/C15H22ClN3O/c1-10-5-6-19(11(2)7-10)9-15(20)18-12-3-4-13(16)14(17)8-12/h3-4,8,10-11H,5-7,9,17H2,1-2H3,(H,18,20). The fourth-order valence-electron chi connectivity index (χ4n) is 2.70. The van der Waals surface area contributed by atoms with Gasteiger partial charge < -0.3 is 11.1 Å². The molecule has 1 aliphatic heterocycles. The lowest BCUT2D eigenvalue weighted by Gasteiger charge is -2.35. The van der Waals surface area contributed by atoms with E-state index in [0.29, 0.717) is 29.0 Å². The molecular weight excluding hydrogens is 274 g/mol. The van der Waals surface area contributed by atoms with Crippen LogP contribution in [0.5, 0.6) is 0 Å². The average Bonchev–Trinajstić information content (AvgIpc) is 2.37. The molecule has 0 radical (unpaired) electrons. The molecule has 0 bridgehead atoms. The molecule has 2 rings (SSSR count). The molecule has 2 atom stereocenters. The van der Waals surface area contributed by atoms with Crippen LogP contribution in [-0.2, 0) is 4.79 Å². The van der Waals surface area contributed by atoms with Gasteiger partial charge in [-0.05, 0) is 50.4 Å². The maximum atomic E-state index is 12.1. The fraction of sp³-hybridized carbons (Fsp3) is 0.533. The summed E-state index contributed by atoms with van der Waals surface area (Å²) in [5.41, 5.74) is 6.89. The van der Waals surface area contributed by atoms with Crippen LogP contribution in [0.4, 0.5) is 11.4 Å². The van der Waals surface area contributed by atoms with Gasteiger partial charge in [-0.2, -0.15) is 0 Å². The summed E-state index contributed by atoms with van der Waals surface area (Å²) in [7, 11) is 0. The van der Waals surface area contributed by atoms with Crippen LogP contribution >= 0.6 is 11.6 Å². The Labute approximate surface area is 125 Å². The molecule has 1 aliphatic rings. The monoisotopic (exact) mass is 295 g/mol. The lowest BCUT2D eigenvalue weighted by molar-refractivity contribution is -0.118. The van der Waals surface area contributed by atoms with Crippen molar-refractivity contribution >= 4 is 28.9 Å². The van der Waals surface area contributed by atoms with Crippen LogP contribution in [0.1, 0.15) is 26.7 Å². The van der Waals surface area contributed by atoms with Crippen molar-refractivity contribution in [3.63, 3.8) is 0 Å². The summed E-state index contributed by atoms with van der Waals surface area (Å²) in [5, 5.41) is 3.37. The maximum Gasteiger partial charge on any atom is 0.238 e. The van der Waals surface area contributed by atoms with Gasteiger partial charge >= 0.3 is 0 Å². The van der Waals surface area contributed by atoms with Gasteiger partial charge in [0.05, 0.1) is 17.3 Å². The van der Waals surface area contributed by atoms with Crippen LogP contribution in [0.2, 0.25) is 5.02 Å². The quantitative estimate of drug-likeness (QED) is 0.843. The van der Waals surface area contributed by atoms with Gasteiger partial charge in [0.25, 0.3) is 0 Å². The van der Waals surface area contributed by atoms with Crippen LogP contribution in [0.25, 0.3) is 0 Å². The Kier molecular flexibility index (Phi) is 4.89. The summed E-state index contributed by atoms with van der Waals surface area (Å²) in [4.78, 5) is 14.3. The van der Waals surface area contributed by atoms with E-state index in [4.69, 9.17) is 17.3 Å². The predicted octanol–water partition coefficient (Wildman–Crippen LogP) is 2.98. The third kappa shape index (κ3) is 3.87. The molecule has 0 spiro atoms. The van der Waals surface area contributed by atoms with Gasteiger partial charge in [-0.1, -0.05) is 18.5 Å². The zero-order valence-electron chi connectivity index (χ0n) is 12.0. The summed E-state index contributed by atoms with van der Waals surface area (Å²) in [6.07, 6.45) is 2.31. The van der Waals surface area contributed by atoms with E-state index >= 15 is 0 Å². The van der Waals surface area contributed by atoms with Gasteiger partial charge in [0.2, 0.25) is 5.91 Å². The number of nitrogens with one attached hydrogen (secondary N) is 1. The Balaban J connectivity index is 1.90. The summed E-state index contributed by atoms with van der Waals surface area (Å²) in [5.74, 6) is 0.744. The van der Waals surface area contributed by atoms with Gasteiger partial charge in [0.15, 0.2) is 0 Å². The molecule has 1 fully saturated rings. The van der Waals surface area contributed by atoms with Crippen LogP contribution in [0.3, 0.4) is 0 Å². The molecular formula is C15H22ClN3O. The van der Waals surface area contributed by atoms with E-state index in [1.165, 1.54) is 0 Å². The van der Waals surface area contributed by atoms with Crippen molar-refractivity contribution in [1.29, 1.82) is 0 Å². The predicted molar refractivity (Wildman–Crippen MR) is 83.9 cm³/mol. The topological polar surface area (TPSA) is 58.4 Å². The molecule has 20 heavy (non-hydrogen) atoms. The first kappa shape index (κ1) is 15.1. The summed E-state index contributed by atoms with van der Waals surface area (Å²) in [6, 6.07) is 5.59. The highest BCUT2D eigenvalue weighted by Crippen LogP contribution is 2.23. The number of hydrogen-bond acceptors (Lipinski definition) is 3. The Hall–Kier alpha value is -1.26. The van der Waals surface area contributed by atoms with Gasteiger partial charge in [-0.15, -0.1) is 0 Å². The van der Waals surface area contributed by atoms with E-state index < -0.39 is 0 Å². The lowest BCUT2D eigenvalue weighted by Crippen LogP contribution is -2.44. The number of nitrogen functional groups attached to an aromatic ring is 1. The van der Waals surface area contributed by atoms with E-state index in [2.05, 4.69) is 24.1 Å². The molecule has 1 saturated heterocycles. The normalized spacial score (nSPS) is 23.6. The smallest absolute Gasteiger partial charge is 0.238 e. The van der Waals surface area contributed by atoms with Gasteiger partial charge in [0.1, 0.15) is 0 Å². The summed E-state index contributed by atoms with van der Waals surface area (Å²) < 4.78 is 0. The van der Waals surface area contributed by atoms with Crippen molar-refractivity contribution in [2.24, 2.45) is 5.92 Å². The Morgan fingerprint density at radius 2 is 2.25 bits per heavy atom. The van der Waals surface area contributed by atoms with Gasteiger partial charge in [-0.3, -0.25) is 9.69 Å². The highest BCUT2D eigenvalue weighted by atomic mass is 35.5. The van der Waals surface area contributed by atoms with Crippen molar-refractivity contribution in [2.75, 3.05) is 24.1 Å². The van der Waals surface area contributed by atoms with E-state index in [9.17, 15) is 4.79 Å². The van der Waals surface area contributed by atoms with Crippen molar-refractivity contribution in [3.05, 3.63) is 23.2 Å². The number of halogens is 1. The number of hydrogen-bond donors (Lipinski definition) is 2. The minimum atomic E-state index is -0.00637. The average molecular weight is 296 g/mol. The second-order valence-electron chi connectivity index (χ2n) is 5.73. The highest BCUT2D eigenvalue weighted by Gasteiger charge is 2.24. The zero-order chi connectivity index (χ0) is 14.7. The van der Waals surface area contributed by atoms with Crippen molar-refractivity contribution in [1.82, 2.24) is 4.90 Å². The van der Waals surface area contributed by atoms with E-state index in [0.717, 1.165) is 25.3 Å². The molecule has 5 heteroatoms. The molecule has 1 aromatic rings. The molecule has 1 aromatic carbocycles. The van der Waals surface area contributed by atoms with Crippen molar-refractivity contribution in [2.45, 2.75) is 32.7 Å². The largest absolute Gasteiger partial charge is 0.397 e. The zero-order valence-corrected chi connectivity index (χ0v) is 12.8. The number of benzene rings is 1. The summed E-state index contributed by atoms with van der Waals surface area (Å²) in [6.45, 7) is 5.86. The van der Waals surface area contributed by atoms with Crippen molar-refractivity contribution < 1.29 is 4.79 Å². The number of anilines is 2. The number of amides is 1. The Morgan fingerprint density at radius 1 is 1.50 bits per heavy atom. The van der Waals surface area contributed by atoms with Crippen LogP contribution in [0, 0.1) is 5.92 Å². The molecule has 0 aliphatic carbocycles. The van der Waals surface area contributed by atoms with E-state index in [-0.39, 0.29) is 5.91 Å². The van der Waals surface area contributed by atoms with Crippen LogP contribution in [0.15, 0.2) is 18.2 Å². The maximum absolute atomic E-state index is 12.1. The van der Waals surface area contributed by atoms with Crippen LogP contribution in [-0.4, -0.2) is 29.9 Å². The minimum absolute atomic E-state index is 0.00637. The number of carbonyl (C=O) groups excluding carboxylic acids is 1. The SMILES string of the molecule is CC1CCN(CC(=O)Nc2ccc(Cl)c(N)c2)C(C)C1. The molecule has 1 amide bonds. The first-order valence-corrected chi connectivity index (χ1v) is 7.42. The number of carbonyl (C=O) groups is 1. The first-order chi connectivity index (χ1) is 9.45. The number of piperidine rings is 1. The third-order valence-corrected chi connectivity index (χ3v) is 4.25. The molecule has 1 heterocycles.